The number of hydrogen-bond donors (Lipinski definition) is 4. The van der Waals surface area contributed by atoms with Crippen LogP contribution >= 0.6 is 34.7 Å². The highest BCUT2D eigenvalue weighted by Gasteiger charge is 2.55. The number of aliphatic carboxylic acids is 1. The number of nitrogen functional groups attached to an aromatic ring is 1. The zero-order chi connectivity index (χ0) is 32.6. The molecule has 2 unspecified atom stereocenters. The van der Waals surface area contributed by atoms with Gasteiger partial charge < -0.3 is 35.9 Å². The number of pyridine rings is 1. The molecule has 45 heavy (non-hydrogen) atoms. The van der Waals surface area contributed by atoms with E-state index in [0.717, 1.165) is 27.3 Å². The number of nitrogens with zero attached hydrogens (tertiary/aromatic N) is 5. The quantitative estimate of drug-likeness (QED) is 0.0653. The SMILES string of the molecule is [B]OC(=O)[C@H](C)O/N=C(\C(=O)NC1C(=O)N2C(C(=O)O)=C(C[n+]3cccc4c3ccn4CC(N)=O)CSC12)c1nc(N)sc1Cl. The van der Waals surface area contributed by atoms with Crippen molar-refractivity contribution in [2.45, 2.75) is 37.5 Å². The summed E-state index contributed by atoms with van der Waals surface area (Å²) in [6, 6.07) is 4.21. The Morgan fingerprint density at radius 2 is 2.11 bits per heavy atom. The number of nitrogens with one attached hydrogen (secondary N) is 1. The number of halogens is 1. The van der Waals surface area contributed by atoms with Crippen LogP contribution in [0.3, 0.4) is 0 Å². The van der Waals surface area contributed by atoms with Crippen molar-refractivity contribution in [1.29, 1.82) is 0 Å². The van der Waals surface area contributed by atoms with Crippen LogP contribution in [-0.2, 0) is 46.6 Å². The fraction of sp³-hybridized carbons (Fsp3) is 0.280. The maximum Gasteiger partial charge on any atom is 0.378 e. The minimum atomic E-state index is -1.31. The molecule has 1 saturated heterocycles. The zero-order valence-corrected chi connectivity index (χ0v) is 25.6. The third kappa shape index (κ3) is 6.18. The molecule has 5 heterocycles. The number of thiazole rings is 1. The Kier molecular flexibility index (Phi) is 9.03. The number of carbonyl (C=O) groups excluding carboxylic acids is 4. The number of aromatic nitrogens is 3. The van der Waals surface area contributed by atoms with E-state index < -0.39 is 52.9 Å². The summed E-state index contributed by atoms with van der Waals surface area (Å²) in [5.74, 6) is -4.19. The fourth-order valence-electron chi connectivity index (χ4n) is 4.81. The van der Waals surface area contributed by atoms with Crippen molar-refractivity contribution in [3.05, 3.63) is 51.9 Å². The van der Waals surface area contributed by atoms with Gasteiger partial charge in [0.25, 0.3) is 11.8 Å². The van der Waals surface area contributed by atoms with Gasteiger partial charge in [0.1, 0.15) is 39.2 Å². The number of fused-ring (bicyclic) bond motifs is 2. The van der Waals surface area contributed by atoms with Gasteiger partial charge in [-0.3, -0.25) is 19.3 Å². The van der Waals surface area contributed by atoms with Crippen LogP contribution in [0.15, 0.2) is 47.0 Å². The van der Waals surface area contributed by atoms with Crippen molar-refractivity contribution in [2.75, 3.05) is 11.5 Å². The van der Waals surface area contributed by atoms with Crippen LogP contribution < -0.4 is 21.4 Å². The predicted octanol–water partition coefficient (Wildman–Crippen LogP) is -0.719. The lowest BCUT2D eigenvalue weighted by Crippen LogP contribution is -2.71. The minimum Gasteiger partial charge on any atom is -0.541 e. The average Bonchev–Trinajstić information content (AvgIpc) is 3.56. The zero-order valence-electron chi connectivity index (χ0n) is 23.2. The summed E-state index contributed by atoms with van der Waals surface area (Å²) in [5.41, 5.74) is 12.1. The molecule has 0 spiro atoms. The number of amides is 3. The maximum absolute atomic E-state index is 13.4. The van der Waals surface area contributed by atoms with Gasteiger partial charge in [0.15, 0.2) is 23.6 Å². The number of nitrogens with two attached hydrogens (primary N) is 2. The number of primary amides is 1. The minimum absolute atomic E-state index is 0.00844. The van der Waals surface area contributed by atoms with Gasteiger partial charge in [-0.2, -0.15) is 4.57 Å². The van der Waals surface area contributed by atoms with Gasteiger partial charge in [0, 0.05) is 29.7 Å². The highest BCUT2D eigenvalue weighted by Crippen LogP contribution is 2.40. The standard InChI is InChI=1S/C25H22BClN8O8S2/c1-10(24(41)42-26)43-32-16(15-19(27)45-25(29)31-15)20(37)30-17-21(38)35-18(23(39)40)11(9-44-22(17)35)7-33-5-2-3-12-13(33)4-6-34(12)8-14(28)36/h2-6,10,17,22H,7-9H2,1H3,(H5-,28,29,30,31,36,37,39,40)/p+1/b32-16-/t10-,17?,22?/m0/s1. The molecule has 16 nitrogen and oxygen atoms in total. The summed E-state index contributed by atoms with van der Waals surface area (Å²) in [7, 11) is 4.86. The Hall–Kier alpha value is -4.62. The number of carboxylic acids is 1. The first-order chi connectivity index (χ1) is 21.4. The Morgan fingerprint density at radius 3 is 2.76 bits per heavy atom. The molecule has 0 saturated carbocycles. The van der Waals surface area contributed by atoms with E-state index >= 15 is 0 Å². The van der Waals surface area contributed by atoms with Gasteiger partial charge in [-0.1, -0.05) is 28.1 Å². The Balaban J connectivity index is 1.38. The molecule has 0 aliphatic carbocycles. The fourth-order valence-corrected chi connectivity index (χ4v) is 7.07. The average molecular weight is 674 g/mol. The molecule has 3 amide bonds. The van der Waals surface area contributed by atoms with E-state index in [9.17, 15) is 29.1 Å². The second kappa shape index (κ2) is 12.8. The number of carboxylic acid groups (broad SMARTS) is 1. The number of oxime groups is 1. The molecule has 2 aliphatic heterocycles. The van der Waals surface area contributed by atoms with Gasteiger partial charge in [0.05, 0.1) is 0 Å². The number of hydrogen-bond acceptors (Lipinski definition) is 12. The van der Waals surface area contributed by atoms with Crippen LogP contribution in [0.5, 0.6) is 0 Å². The Bertz CT molecular complexity index is 1810. The molecule has 2 aliphatic rings. The lowest BCUT2D eigenvalue weighted by atomic mass is 10.0. The van der Waals surface area contributed by atoms with Crippen LogP contribution in [0.1, 0.15) is 12.6 Å². The van der Waals surface area contributed by atoms with Crippen LogP contribution in [0.25, 0.3) is 11.0 Å². The number of β-lactam (4-membered cyclic amide) rings is 1. The van der Waals surface area contributed by atoms with E-state index in [4.69, 9.17) is 36.0 Å². The summed E-state index contributed by atoms with van der Waals surface area (Å²) < 4.78 is 7.58. The first-order valence-corrected chi connectivity index (χ1v) is 15.2. The molecule has 2 radical (unpaired) electrons. The number of carbonyl (C=O) groups is 5. The smallest absolute Gasteiger partial charge is 0.378 e. The molecule has 20 heteroatoms. The summed E-state index contributed by atoms with van der Waals surface area (Å²) in [6.45, 7) is 1.38. The number of thioether (sulfide) groups is 1. The van der Waals surface area contributed by atoms with Crippen molar-refractivity contribution in [3.63, 3.8) is 0 Å². The van der Waals surface area contributed by atoms with Crippen LogP contribution in [0.4, 0.5) is 5.13 Å². The molecule has 0 aromatic carbocycles. The highest BCUT2D eigenvalue weighted by atomic mass is 35.5. The second-order valence-corrected chi connectivity index (χ2v) is 12.5. The maximum atomic E-state index is 13.4. The van der Waals surface area contributed by atoms with E-state index in [1.54, 1.807) is 35.2 Å². The lowest BCUT2D eigenvalue weighted by molar-refractivity contribution is -0.663. The first-order valence-electron chi connectivity index (χ1n) is 12.9. The molecule has 6 N–H and O–H groups in total. The van der Waals surface area contributed by atoms with E-state index in [1.807, 2.05) is 4.57 Å². The van der Waals surface area contributed by atoms with Gasteiger partial charge in [-0.15, -0.1) is 11.8 Å². The molecule has 232 valence electrons. The van der Waals surface area contributed by atoms with E-state index in [2.05, 4.69) is 20.1 Å². The van der Waals surface area contributed by atoms with Crippen LogP contribution in [0.2, 0.25) is 4.34 Å². The Labute approximate surface area is 268 Å². The Morgan fingerprint density at radius 1 is 1.36 bits per heavy atom. The normalized spacial score (nSPS) is 18.7. The first kappa shape index (κ1) is 31.8. The van der Waals surface area contributed by atoms with Crippen molar-refractivity contribution in [3.8, 4) is 0 Å². The van der Waals surface area contributed by atoms with E-state index in [0.29, 0.717) is 5.57 Å². The largest absolute Gasteiger partial charge is 0.541 e. The topological polar surface area (TPSA) is 225 Å². The van der Waals surface area contributed by atoms with Gasteiger partial charge in [0.2, 0.25) is 17.5 Å². The second-order valence-electron chi connectivity index (χ2n) is 9.73. The molecular formula is C25H23BClN8O8S2+. The molecule has 3 aromatic rings. The van der Waals surface area contributed by atoms with Crippen LogP contribution in [0, 0.1) is 0 Å². The summed E-state index contributed by atoms with van der Waals surface area (Å²) >= 11 is 8.30. The van der Waals surface area contributed by atoms with Gasteiger partial charge in [-0.05, 0) is 13.0 Å². The van der Waals surface area contributed by atoms with Crippen molar-refractivity contribution < 1.29 is 43.1 Å². The van der Waals surface area contributed by atoms with Gasteiger partial charge >= 0.3 is 20.0 Å². The molecule has 3 aromatic heterocycles. The summed E-state index contributed by atoms with van der Waals surface area (Å²) in [6.07, 6.45) is 2.15. The third-order valence-electron chi connectivity index (χ3n) is 6.83. The monoisotopic (exact) mass is 673 g/mol. The van der Waals surface area contributed by atoms with Crippen molar-refractivity contribution in [2.24, 2.45) is 10.9 Å². The highest BCUT2D eigenvalue weighted by molar-refractivity contribution is 8.00. The summed E-state index contributed by atoms with van der Waals surface area (Å²) in [4.78, 5) is 72.4. The third-order valence-corrected chi connectivity index (χ3v) is 9.25. The predicted molar refractivity (Wildman–Crippen MR) is 161 cm³/mol. The van der Waals surface area contributed by atoms with Crippen molar-refractivity contribution in [1.82, 2.24) is 19.8 Å². The van der Waals surface area contributed by atoms with Crippen LogP contribution in [-0.4, -0.2) is 86.3 Å². The lowest BCUT2D eigenvalue weighted by Gasteiger charge is -2.49. The molecule has 1 fully saturated rings. The van der Waals surface area contributed by atoms with Gasteiger partial charge in [-0.25, -0.2) is 14.6 Å². The molecule has 3 atom stereocenters. The molecule has 0 bridgehead atoms. The number of anilines is 1. The van der Waals surface area contributed by atoms with Crippen molar-refractivity contribution >= 4 is 94.3 Å². The molecular weight excluding hydrogens is 651 g/mol. The summed E-state index contributed by atoms with van der Waals surface area (Å²) in [5, 5.41) is 15.6. The van der Waals surface area contributed by atoms with E-state index in [-0.39, 0.29) is 39.7 Å². The number of rotatable bonds is 11. The molecule has 5 rings (SSSR count). The van der Waals surface area contributed by atoms with E-state index in [1.165, 1.54) is 18.7 Å².